The van der Waals surface area contributed by atoms with Gasteiger partial charge in [-0.25, -0.2) is 8.42 Å². The van der Waals surface area contributed by atoms with Crippen molar-refractivity contribution in [1.29, 1.82) is 0 Å². The zero-order chi connectivity index (χ0) is 15.7. The van der Waals surface area contributed by atoms with Crippen LogP contribution < -0.4 is 5.73 Å². The van der Waals surface area contributed by atoms with E-state index < -0.39 is 32.1 Å². The van der Waals surface area contributed by atoms with Crippen LogP contribution in [0.4, 0.5) is 0 Å². The molecule has 0 aliphatic carbocycles. The van der Waals surface area contributed by atoms with Gasteiger partial charge in [-0.15, -0.1) is 0 Å². The highest BCUT2D eigenvalue weighted by atomic mass is 32.2. The van der Waals surface area contributed by atoms with E-state index in [1.54, 1.807) is 0 Å². The van der Waals surface area contributed by atoms with E-state index in [1.807, 2.05) is 0 Å². The van der Waals surface area contributed by atoms with Crippen molar-refractivity contribution in [3.8, 4) is 0 Å². The molecule has 1 aliphatic heterocycles. The maximum Gasteiger partial charge on any atom is 0.281 e. The van der Waals surface area contributed by atoms with Crippen molar-refractivity contribution < 1.29 is 21.6 Å². The molecule has 2 N–H and O–H groups in total. The lowest BCUT2D eigenvalue weighted by atomic mass is 10.1. The molecule has 0 spiro atoms. The molecule has 0 aromatic rings. The van der Waals surface area contributed by atoms with E-state index in [1.165, 1.54) is 14.1 Å². The topological polar surface area (TPSA) is 121 Å². The Balaban J connectivity index is 3.09. The summed E-state index contributed by atoms with van der Waals surface area (Å²) < 4.78 is 50.5. The number of hydrogen-bond acceptors (Lipinski definition) is 5. The Morgan fingerprint density at radius 2 is 1.55 bits per heavy atom. The number of carbonyl (C=O) groups excluding carboxylic acids is 1. The van der Waals surface area contributed by atoms with Gasteiger partial charge in [0, 0.05) is 40.3 Å². The predicted octanol–water partition coefficient (Wildman–Crippen LogP) is -2.53. The summed E-state index contributed by atoms with van der Waals surface area (Å²) in [7, 11) is -4.50. The van der Waals surface area contributed by atoms with Gasteiger partial charge in [0.1, 0.15) is 0 Å². The van der Waals surface area contributed by atoms with Gasteiger partial charge in [-0.05, 0) is 0 Å². The van der Waals surface area contributed by atoms with Crippen molar-refractivity contribution in [2.75, 3.05) is 46.5 Å². The Morgan fingerprint density at radius 3 is 1.95 bits per heavy atom. The molecule has 0 radical (unpaired) electrons. The molecule has 1 heterocycles. The molecule has 0 unspecified atom stereocenters. The number of amides is 1. The number of hydrogen-bond donors (Lipinski definition) is 1. The van der Waals surface area contributed by atoms with Gasteiger partial charge in [0.25, 0.3) is 10.2 Å². The van der Waals surface area contributed by atoms with Crippen molar-refractivity contribution in [3.05, 3.63) is 0 Å². The van der Waals surface area contributed by atoms with E-state index in [0.717, 1.165) is 19.2 Å². The minimum atomic E-state index is -3.72. The number of sulfonamides is 1. The highest BCUT2D eigenvalue weighted by molar-refractivity contribution is 7.88. The van der Waals surface area contributed by atoms with Crippen LogP contribution >= 0.6 is 0 Å². The van der Waals surface area contributed by atoms with Crippen LogP contribution in [-0.4, -0.2) is 82.2 Å². The molecule has 0 aromatic heterocycles. The standard InChI is InChI=1S/C9H20N4O5S2/c1-11(2)20(17,18)13-5-4-12(19(3,15)16)6-8(7-13)9(10)14/h8H,4-7H2,1-3H3,(H2,10,14)/t8-/m0/s1. The lowest BCUT2D eigenvalue weighted by Gasteiger charge is -2.25. The molecule has 11 heteroatoms. The second kappa shape index (κ2) is 5.93. The van der Waals surface area contributed by atoms with Gasteiger partial charge >= 0.3 is 0 Å². The maximum atomic E-state index is 12.1. The fourth-order valence-electron chi connectivity index (χ4n) is 1.88. The molecule has 20 heavy (non-hydrogen) atoms. The average molecular weight is 328 g/mol. The lowest BCUT2D eigenvalue weighted by Crippen LogP contribution is -2.45. The van der Waals surface area contributed by atoms with E-state index >= 15 is 0 Å². The maximum absolute atomic E-state index is 12.1. The number of nitrogens with zero attached hydrogens (tertiary/aromatic N) is 3. The third-order valence-corrected chi connectivity index (χ3v) is 6.28. The minimum absolute atomic E-state index is 0.00428. The second-order valence-corrected chi connectivity index (χ2v) is 8.99. The molecule has 118 valence electrons. The Bertz CT molecular complexity index is 571. The summed E-state index contributed by atoms with van der Waals surface area (Å²) >= 11 is 0. The monoisotopic (exact) mass is 328 g/mol. The number of rotatable bonds is 4. The third kappa shape index (κ3) is 3.88. The van der Waals surface area contributed by atoms with Gasteiger partial charge in [-0.3, -0.25) is 4.79 Å². The molecule has 1 atom stereocenters. The highest BCUT2D eigenvalue weighted by Gasteiger charge is 2.35. The predicted molar refractivity (Wildman–Crippen MR) is 73.3 cm³/mol. The lowest BCUT2D eigenvalue weighted by molar-refractivity contribution is -0.122. The molecule has 1 amide bonds. The zero-order valence-corrected chi connectivity index (χ0v) is 13.3. The van der Waals surface area contributed by atoms with Gasteiger partial charge in [-0.1, -0.05) is 0 Å². The molecule has 1 fully saturated rings. The van der Waals surface area contributed by atoms with Gasteiger partial charge in [0.2, 0.25) is 15.9 Å². The van der Waals surface area contributed by atoms with Gasteiger partial charge in [-0.2, -0.15) is 21.3 Å². The summed E-state index contributed by atoms with van der Waals surface area (Å²) in [6, 6.07) is 0. The van der Waals surface area contributed by atoms with Crippen molar-refractivity contribution in [1.82, 2.24) is 12.9 Å². The van der Waals surface area contributed by atoms with Crippen molar-refractivity contribution >= 4 is 26.1 Å². The van der Waals surface area contributed by atoms with E-state index in [0.29, 0.717) is 0 Å². The van der Waals surface area contributed by atoms with Gasteiger partial charge in [0.15, 0.2) is 0 Å². The number of nitrogens with two attached hydrogens (primary N) is 1. The number of primary amides is 1. The normalized spacial score (nSPS) is 23.7. The second-order valence-electron chi connectivity index (χ2n) is 4.87. The molecule has 9 nitrogen and oxygen atoms in total. The van der Waals surface area contributed by atoms with Crippen LogP contribution in [0.15, 0.2) is 0 Å². The smallest absolute Gasteiger partial charge is 0.281 e. The first-order valence-electron chi connectivity index (χ1n) is 5.88. The first-order valence-corrected chi connectivity index (χ1v) is 9.13. The summed E-state index contributed by atoms with van der Waals surface area (Å²) in [4.78, 5) is 11.4. The zero-order valence-electron chi connectivity index (χ0n) is 11.7. The largest absolute Gasteiger partial charge is 0.369 e. The molecule has 0 saturated carbocycles. The van der Waals surface area contributed by atoms with Crippen LogP contribution in [0.3, 0.4) is 0 Å². The fourth-order valence-corrected chi connectivity index (χ4v) is 3.88. The van der Waals surface area contributed by atoms with Crippen LogP contribution in [0.5, 0.6) is 0 Å². The molecule has 1 rings (SSSR count). The molecule has 1 aliphatic rings. The first kappa shape index (κ1) is 17.3. The first-order chi connectivity index (χ1) is 8.96. The van der Waals surface area contributed by atoms with E-state index in [2.05, 4.69) is 0 Å². The van der Waals surface area contributed by atoms with E-state index in [4.69, 9.17) is 5.73 Å². The molecule has 0 bridgehead atoms. The quantitative estimate of drug-likeness (QED) is 0.610. The molecular formula is C9H20N4O5S2. The third-order valence-electron chi connectivity index (χ3n) is 3.11. The van der Waals surface area contributed by atoms with Gasteiger partial charge < -0.3 is 5.73 Å². The van der Waals surface area contributed by atoms with Crippen LogP contribution in [0.1, 0.15) is 0 Å². The van der Waals surface area contributed by atoms with Crippen molar-refractivity contribution in [2.24, 2.45) is 11.7 Å². The minimum Gasteiger partial charge on any atom is -0.369 e. The average Bonchev–Trinajstić information content (AvgIpc) is 2.50. The van der Waals surface area contributed by atoms with E-state index in [9.17, 15) is 21.6 Å². The molecule has 0 aromatic carbocycles. The van der Waals surface area contributed by atoms with Crippen LogP contribution in [0.25, 0.3) is 0 Å². The summed E-state index contributed by atoms with van der Waals surface area (Å²) in [5.74, 6) is -1.60. The highest BCUT2D eigenvalue weighted by Crippen LogP contribution is 2.16. The number of carbonyl (C=O) groups is 1. The molecular weight excluding hydrogens is 308 g/mol. The Morgan fingerprint density at radius 1 is 1.10 bits per heavy atom. The van der Waals surface area contributed by atoms with Crippen molar-refractivity contribution in [3.63, 3.8) is 0 Å². The van der Waals surface area contributed by atoms with Crippen LogP contribution in [0.2, 0.25) is 0 Å². The van der Waals surface area contributed by atoms with Crippen LogP contribution in [0, 0.1) is 5.92 Å². The SMILES string of the molecule is CN(C)S(=O)(=O)N1CCN(S(C)(=O)=O)C[C@H](C(N)=O)C1. The Hall–Kier alpha value is -0.750. The Kier molecular flexibility index (Phi) is 5.13. The summed E-state index contributed by atoms with van der Waals surface area (Å²) in [6.07, 6.45) is 1.02. The fraction of sp³-hybridized carbons (Fsp3) is 0.889. The van der Waals surface area contributed by atoms with Crippen molar-refractivity contribution in [2.45, 2.75) is 0 Å². The van der Waals surface area contributed by atoms with Gasteiger partial charge in [0.05, 0.1) is 12.2 Å². The summed E-state index contributed by atoms with van der Waals surface area (Å²) in [5, 5.41) is 0. The van der Waals surface area contributed by atoms with E-state index in [-0.39, 0.29) is 26.2 Å². The summed E-state index contributed by atoms with van der Waals surface area (Å²) in [5.41, 5.74) is 5.23. The van der Waals surface area contributed by atoms with Crippen LogP contribution in [-0.2, 0) is 25.0 Å². The Labute approximate surface area is 119 Å². The molecule has 1 saturated heterocycles. The summed E-state index contributed by atoms with van der Waals surface area (Å²) in [6.45, 7) is -0.247.